The number of pyridine rings is 2. The Bertz CT molecular complexity index is 3070. The highest BCUT2D eigenvalue weighted by Gasteiger charge is 2.38. The lowest BCUT2D eigenvalue weighted by Crippen LogP contribution is -2.37. The van der Waals surface area contributed by atoms with Crippen molar-refractivity contribution in [2.24, 2.45) is 0 Å². The van der Waals surface area contributed by atoms with Gasteiger partial charge in [0.1, 0.15) is 4.91 Å². The molecule has 7 aromatic rings. The highest BCUT2D eigenvalue weighted by atomic mass is 32.2. The van der Waals surface area contributed by atoms with Crippen LogP contribution in [0.1, 0.15) is 58.5 Å². The SMILES string of the molecule is CC(c1ccccc1)[n+]1ccc(-c2cc[n+](C(C)c3ccccc3)cc2)cc1.O=C1C(=CC=C(C=CC2=C([O-])c3ccccc3S2(=O)=O)c2ccccc2)S(=O)(=O)c2ccccc21. The third-order valence-corrected chi connectivity index (χ3v) is 15.0. The van der Waals surface area contributed by atoms with Crippen molar-refractivity contribution >= 4 is 36.8 Å². The normalized spacial score (nSPS) is 16.6. The maximum Gasteiger partial charge on any atom is 0.211 e. The van der Waals surface area contributed by atoms with Crippen LogP contribution in [0.4, 0.5) is 0 Å². The Kier molecular flexibility index (Phi) is 12.1. The number of Topliss-reactive ketones (excluding diaryl/α,β-unsaturated/α-hetero) is 1. The first kappa shape index (κ1) is 42.4. The van der Waals surface area contributed by atoms with Crippen molar-refractivity contribution in [3.05, 3.63) is 251 Å². The molecule has 0 fully saturated rings. The van der Waals surface area contributed by atoms with Crippen LogP contribution >= 0.6 is 0 Å². The fourth-order valence-electron chi connectivity index (χ4n) is 7.65. The van der Waals surface area contributed by atoms with E-state index in [4.69, 9.17) is 0 Å². The summed E-state index contributed by atoms with van der Waals surface area (Å²) in [6.45, 7) is 4.46. The van der Waals surface area contributed by atoms with Crippen LogP contribution in [-0.4, -0.2) is 22.6 Å². The Hall–Kier alpha value is -7.27. The van der Waals surface area contributed by atoms with Crippen LogP contribution < -0.4 is 14.2 Å². The van der Waals surface area contributed by atoms with E-state index in [1.807, 2.05) is 0 Å². The third-order valence-electron chi connectivity index (χ3n) is 11.3. The molecular formula is C53H43N2O6S2+. The molecule has 2 unspecified atom stereocenters. The molecule has 0 spiro atoms. The fraction of sp³-hybridized carbons (Fsp3) is 0.0755. The summed E-state index contributed by atoms with van der Waals surface area (Å²) in [5.74, 6) is -1.21. The van der Waals surface area contributed by atoms with Gasteiger partial charge in [-0.1, -0.05) is 139 Å². The molecule has 4 heterocycles. The molecule has 63 heavy (non-hydrogen) atoms. The quantitative estimate of drug-likeness (QED) is 0.0814. The van der Waals surface area contributed by atoms with Gasteiger partial charge in [-0.25, -0.2) is 16.8 Å². The lowest BCUT2D eigenvalue weighted by Gasteiger charge is -2.09. The van der Waals surface area contributed by atoms with Crippen molar-refractivity contribution in [2.75, 3.05) is 0 Å². The van der Waals surface area contributed by atoms with Gasteiger partial charge in [0, 0.05) is 54.8 Å². The van der Waals surface area contributed by atoms with E-state index in [1.165, 1.54) is 70.8 Å². The lowest BCUT2D eigenvalue weighted by atomic mass is 10.0. The minimum atomic E-state index is -3.98. The second kappa shape index (κ2) is 18.0. The molecule has 2 atom stereocenters. The van der Waals surface area contributed by atoms with Crippen molar-refractivity contribution in [3.63, 3.8) is 0 Å². The minimum absolute atomic E-state index is 0.0441. The van der Waals surface area contributed by atoms with Gasteiger partial charge in [-0.05, 0) is 58.2 Å². The predicted octanol–water partition coefficient (Wildman–Crippen LogP) is 8.84. The number of carbonyl (C=O) groups is 1. The van der Waals surface area contributed by atoms with Gasteiger partial charge < -0.3 is 5.11 Å². The number of nitrogens with zero attached hydrogens (tertiary/aromatic N) is 2. The van der Waals surface area contributed by atoms with Gasteiger partial charge in [0.2, 0.25) is 25.5 Å². The minimum Gasteiger partial charge on any atom is -0.871 e. The van der Waals surface area contributed by atoms with E-state index in [0.29, 0.717) is 23.2 Å². The summed E-state index contributed by atoms with van der Waals surface area (Å²) >= 11 is 0. The molecule has 0 bridgehead atoms. The van der Waals surface area contributed by atoms with Gasteiger partial charge in [-0.15, -0.1) is 0 Å². The van der Waals surface area contributed by atoms with E-state index in [2.05, 4.69) is 133 Å². The van der Waals surface area contributed by atoms with Crippen LogP contribution in [0.2, 0.25) is 0 Å². The van der Waals surface area contributed by atoms with E-state index >= 15 is 0 Å². The predicted molar refractivity (Wildman–Crippen MR) is 243 cm³/mol. The number of hydrogen-bond donors (Lipinski definition) is 0. The van der Waals surface area contributed by atoms with Gasteiger partial charge in [0.05, 0.1) is 14.7 Å². The summed E-state index contributed by atoms with van der Waals surface area (Å²) in [5, 5.41) is 12.8. The summed E-state index contributed by atoms with van der Waals surface area (Å²) in [7, 11) is -7.96. The first-order valence-electron chi connectivity index (χ1n) is 20.4. The first-order chi connectivity index (χ1) is 30.4. The molecule has 2 aromatic heterocycles. The smallest absolute Gasteiger partial charge is 0.211 e. The van der Waals surface area contributed by atoms with Gasteiger partial charge >= 0.3 is 0 Å². The molecule has 8 nitrogen and oxygen atoms in total. The largest absolute Gasteiger partial charge is 0.871 e. The zero-order valence-corrected chi connectivity index (χ0v) is 36.2. The topological polar surface area (TPSA) is 116 Å². The van der Waals surface area contributed by atoms with Crippen LogP contribution in [0.15, 0.2) is 232 Å². The summed E-state index contributed by atoms with van der Waals surface area (Å²) in [4.78, 5) is 11.9. The number of rotatable bonds is 9. The molecule has 0 saturated carbocycles. The van der Waals surface area contributed by atoms with Crippen molar-refractivity contribution in [2.45, 2.75) is 35.7 Å². The Morgan fingerprint density at radius 1 is 0.540 bits per heavy atom. The number of hydrogen-bond acceptors (Lipinski definition) is 6. The standard InChI is InChI=1S/C27H18O6S2.C26H26N2/c28-26-20-10-4-6-12-22(20)34(30,31)24(26)16-14-19(18-8-2-1-3-9-18)15-17-25-27(29)21-11-5-7-13-23(21)35(25,32)33;1-21(23-9-5-3-6-10-23)27-17-13-25(14-18-27)26-15-19-28(20-16-26)22(2)24-11-7-4-8-12-24/h1-17,28H;3-22H,1-2H3/q;+2/p-1. The summed E-state index contributed by atoms with van der Waals surface area (Å²) in [6.07, 6.45) is 14.0. The molecule has 0 N–H and O–H groups in total. The number of carbonyl (C=O) groups excluding carboxylic acids is 1. The average Bonchev–Trinajstić information content (AvgIpc) is 3.65. The average molecular weight is 868 g/mol. The van der Waals surface area contributed by atoms with Gasteiger partial charge in [0.25, 0.3) is 0 Å². The first-order valence-corrected chi connectivity index (χ1v) is 23.3. The number of aromatic nitrogens is 2. The number of sulfone groups is 2. The molecule has 2 aliphatic heterocycles. The van der Waals surface area contributed by atoms with Crippen LogP contribution in [0, 0.1) is 0 Å². The maximum absolute atomic E-state index is 12.9. The van der Waals surface area contributed by atoms with E-state index in [0.717, 1.165) is 0 Å². The second-order valence-electron chi connectivity index (χ2n) is 15.1. The number of allylic oxidation sites excluding steroid dienone is 6. The van der Waals surface area contributed by atoms with E-state index < -0.39 is 31.2 Å². The molecule has 312 valence electrons. The lowest BCUT2D eigenvalue weighted by molar-refractivity contribution is -0.710. The van der Waals surface area contributed by atoms with Gasteiger partial charge in [-0.3, -0.25) is 4.79 Å². The van der Waals surface area contributed by atoms with Crippen LogP contribution in [0.25, 0.3) is 22.5 Å². The van der Waals surface area contributed by atoms with E-state index in [9.17, 15) is 26.7 Å². The van der Waals surface area contributed by atoms with Crippen molar-refractivity contribution in [3.8, 4) is 11.1 Å². The summed E-state index contributed by atoms with van der Waals surface area (Å²) in [5.41, 5.74) is 6.38. The molecule has 9 rings (SSSR count). The van der Waals surface area contributed by atoms with Crippen molar-refractivity contribution in [1.82, 2.24) is 0 Å². The Morgan fingerprint density at radius 3 is 1.44 bits per heavy atom. The molecule has 0 saturated heterocycles. The zero-order chi connectivity index (χ0) is 44.1. The van der Waals surface area contributed by atoms with Crippen LogP contribution in [0.3, 0.4) is 0 Å². The second-order valence-corrected chi connectivity index (χ2v) is 18.9. The Morgan fingerprint density at radius 2 is 0.968 bits per heavy atom. The van der Waals surface area contributed by atoms with E-state index in [-0.39, 0.29) is 30.7 Å². The molecule has 0 amide bonds. The Labute approximate surface area is 368 Å². The zero-order valence-electron chi connectivity index (χ0n) is 34.5. The van der Waals surface area contributed by atoms with Gasteiger partial charge in [0.15, 0.2) is 36.9 Å². The number of ketones is 1. The molecule has 0 aliphatic carbocycles. The van der Waals surface area contributed by atoms with Crippen molar-refractivity contribution in [1.29, 1.82) is 0 Å². The molecular weight excluding hydrogens is 825 g/mol. The number of benzene rings is 5. The monoisotopic (exact) mass is 867 g/mol. The van der Waals surface area contributed by atoms with E-state index in [1.54, 1.807) is 54.6 Å². The highest BCUT2D eigenvalue weighted by Crippen LogP contribution is 2.38. The molecule has 5 aromatic carbocycles. The molecule has 2 aliphatic rings. The molecule has 10 heteroatoms. The highest BCUT2D eigenvalue weighted by molar-refractivity contribution is 7.97. The van der Waals surface area contributed by atoms with Gasteiger partial charge in [-0.2, -0.15) is 9.13 Å². The summed E-state index contributed by atoms with van der Waals surface area (Å²) < 4.78 is 56.1. The maximum atomic E-state index is 12.9. The fourth-order valence-corrected chi connectivity index (χ4v) is 10.7. The van der Waals surface area contributed by atoms with Crippen LogP contribution in [0.5, 0.6) is 0 Å². The summed E-state index contributed by atoms with van der Waals surface area (Å²) in [6, 6.07) is 51.4. The Balaban J connectivity index is 0.000000177. The van der Waals surface area contributed by atoms with Crippen molar-refractivity contribution < 1.29 is 35.9 Å². The van der Waals surface area contributed by atoms with Crippen LogP contribution in [-0.2, 0) is 19.7 Å². The number of fused-ring (bicyclic) bond motifs is 2. The third kappa shape index (κ3) is 8.64. The molecule has 0 radical (unpaired) electrons.